The number of piperidine rings is 1. The molecule has 3 N–H and O–H groups in total. The molecule has 0 bridgehead atoms. The van der Waals surface area contributed by atoms with Crippen LogP contribution < -0.4 is 10.6 Å². The van der Waals surface area contributed by atoms with E-state index in [9.17, 15) is 4.79 Å². The summed E-state index contributed by atoms with van der Waals surface area (Å²) in [7, 11) is 0. The van der Waals surface area contributed by atoms with Crippen molar-refractivity contribution in [3.8, 4) is 22.6 Å². The number of nitrogens with one attached hydrogen (secondary N) is 3. The Bertz CT molecular complexity index is 1390. The first-order chi connectivity index (χ1) is 17.6. The molecule has 1 saturated heterocycles. The fraction of sp³-hybridized carbons (Fsp3) is 0.357. The maximum atomic E-state index is 12.5. The predicted molar refractivity (Wildman–Crippen MR) is 139 cm³/mol. The molecule has 0 amide bonds. The Hall–Kier alpha value is -3.78. The molecular weight excluding hydrogens is 452 g/mol. The third-order valence-corrected chi connectivity index (χ3v) is 7.15. The monoisotopic (exact) mass is 482 g/mol. The van der Waals surface area contributed by atoms with Gasteiger partial charge in [-0.25, -0.2) is 4.98 Å². The summed E-state index contributed by atoms with van der Waals surface area (Å²) < 4.78 is 5.72. The highest BCUT2D eigenvalue weighted by Crippen LogP contribution is 2.34. The van der Waals surface area contributed by atoms with Crippen LogP contribution >= 0.6 is 0 Å². The average Bonchev–Trinajstić information content (AvgIpc) is 3.36. The van der Waals surface area contributed by atoms with Crippen molar-refractivity contribution >= 4 is 22.6 Å². The van der Waals surface area contributed by atoms with Gasteiger partial charge in [-0.2, -0.15) is 0 Å². The number of aryl methyl sites for hydroxylation is 1. The topological polar surface area (TPSA) is 105 Å². The number of H-pyrrole nitrogens is 1. The maximum Gasteiger partial charge on any atom is 0.309 e. The minimum Gasteiger partial charge on any atom is -0.462 e. The van der Waals surface area contributed by atoms with E-state index in [2.05, 4.69) is 42.7 Å². The summed E-state index contributed by atoms with van der Waals surface area (Å²) in [5, 5.41) is 7.88. The smallest absolute Gasteiger partial charge is 0.309 e. The number of anilines is 1. The second-order valence-corrected chi connectivity index (χ2v) is 9.82. The van der Waals surface area contributed by atoms with Gasteiger partial charge in [0, 0.05) is 22.7 Å². The number of rotatable bonds is 6. The first kappa shape index (κ1) is 22.7. The van der Waals surface area contributed by atoms with Crippen LogP contribution in [0, 0.1) is 12.8 Å². The van der Waals surface area contributed by atoms with Gasteiger partial charge in [0.25, 0.3) is 0 Å². The number of pyridine rings is 2. The number of ether oxygens (including phenoxy) is 1. The lowest BCUT2D eigenvalue weighted by molar-refractivity contribution is -0.158. The number of aromatic nitrogens is 4. The van der Waals surface area contributed by atoms with Gasteiger partial charge in [0.2, 0.25) is 0 Å². The first-order valence-corrected chi connectivity index (χ1v) is 12.7. The number of fused-ring (bicyclic) bond motifs is 1. The van der Waals surface area contributed by atoms with Gasteiger partial charge in [-0.05, 0) is 76.0 Å². The molecule has 4 aromatic rings. The molecule has 1 saturated carbocycles. The third-order valence-electron chi connectivity index (χ3n) is 7.15. The summed E-state index contributed by atoms with van der Waals surface area (Å²) in [4.78, 5) is 29.6. The van der Waals surface area contributed by atoms with E-state index in [1.165, 1.54) is 0 Å². The average molecular weight is 483 g/mol. The largest absolute Gasteiger partial charge is 0.462 e. The Kier molecular flexibility index (Phi) is 6.11. The highest BCUT2D eigenvalue weighted by molar-refractivity contribution is 5.88. The lowest BCUT2D eigenvalue weighted by Crippen LogP contribution is -2.42. The van der Waals surface area contributed by atoms with E-state index >= 15 is 0 Å². The molecule has 0 unspecified atom stereocenters. The zero-order chi connectivity index (χ0) is 24.5. The highest BCUT2D eigenvalue weighted by atomic mass is 16.5. The molecule has 3 aromatic heterocycles. The van der Waals surface area contributed by atoms with Crippen LogP contribution in [0.4, 0.5) is 5.69 Å². The Morgan fingerprint density at radius 1 is 1.08 bits per heavy atom. The number of nitrogens with zero attached hydrogens (tertiary/aromatic N) is 3. The quantitative estimate of drug-likeness (QED) is 0.348. The van der Waals surface area contributed by atoms with Crippen LogP contribution in [0.1, 0.15) is 31.4 Å². The number of imidazole rings is 1. The Morgan fingerprint density at radius 3 is 2.78 bits per heavy atom. The van der Waals surface area contributed by atoms with Crippen LogP contribution in [0.15, 0.2) is 55.0 Å². The number of carbonyl (C=O) groups is 1. The molecule has 0 atom stereocenters. The van der Waals surface area contributed by atoms with Gasteiger partial charge >= 0.3 is 5.97 Å². The molecule has 4 heterocycles. The van der Waals surface area contributed by atoms with Crippen molar-refractivity contribution in [3.05, 3.63) is 60.7 Å². The van der Waals surface area contributed by atoms with E-state index in [0.717, 1.165) is 83.7 Å². The summed E-state index contributed by atoms with van der Waals surface area (Å²) in [5.41, 5.74) is 6.48. The first-order valence-electron chi connectivity index (χ1n) is 12.7. The molecule has 2 aliphatic rings. The number of esters is 1. The molecule has 1 aliphatic carbocycles. The Labute approximate surface area is 209 Å². The Morgan fingerprint density at radius 2 is 1.94 bits per heavy atom. The highest BCUT2D eigenvalue weighted by Gasteiger charge is 2.36. The van der Waals surface area contributed by atoms with Gasteiger partial charge < -0.3 is 20.4 Å². The summed E-state index contributed by atoms with van der Waals surface area (Å²) in [6.07, 6.45) is 7.04. The third kappa shape index (κ3) is 4.68. The molecule has 8 heteroatoms. The van der Waals surface area contributed by atoms with Crippen LogP contribution in [0.5, 0.6) is 0 Å². The van der Waals surface area contributed by atoms with Crippen molar-refractivity contribution < 1.29 is 9.53 Å². The zero-order valence-corrected chi connectivity index (χ0v) is 20.3. The number of hydrogen-bond acceptors (Lipinski definition) is 7. The van der Waals surface area contributed by atoms with Crippen molar-refractivity contribution in [1.82, 2.24) is 25.3 Å². The molecule has 1 aromatic carbocycles. The fourth-order valence-electron chi connectivity index (χ4n) is 5.09. The van der Waals surface area contributed by atoms with Gasteiger partial charge in [0.15, 0.2) is 0 Å². The molecule has 1 aliphatic heterocycles. The number of carbonyl (C=O) groups excluding carboxylic acids is 1. The molecule has 184 valence electrons. The second kappa shape index (κ2) is 9.70. The van der Waals surface area contributed by atoms with Crippen molar-refractivity contribution in [2.45, 2.75) is 44.8 Å². The molecule has 2 fully saturated rings. The van der Waals surface area contributed by atoms with Gasteiger partial charge in [-0.15, -0.1) is 0 Å². The molecular formula is C28H30N6O2. The summed E-state index contributed by atoms with van der Waals surface area (Å²) in [5.74, 6) is -0.0511. The zero-order valence-electron chi connectivity index (χ0n) is 20.3. The van der Waals surface area contributed by atoms with E-state index in [1.807, 2.05) is 43.5 Å². The van der Waals surface area contributed by atoms with E-state index in [1.54, 1.807) is 6.33 Å². The lowest BCUT2D eigenvalue weighted by Gasteiger charge is -2.36. The SMILES string of the molecule is Cc1cccc(-c2[nH]cnc2-c2ccc3ncc(N[C@H]4C[C@H](C(=O)OC5CCNCC5)C4)cc3c2)n1. The molecule has 0 radical (unpaired) electrons. The minimum atomic E-state index is -0.0425. The van der Waals surface area contributed by atoms with E-state index < -0.39 is 0 Å². The van der Waals surface area contributed by atoms with Crippen LogP contribution in [0.3, 0.4) is 0 Å². The van der Waals surface area contributed by atoms with Crippen LogP contribution in [0.2, 0.25) is 0 Å². The summed E-state index contributed by atoms with van der Waals surface area (Å²) >= 11 is 0. The molecule has 6 rings (SSSR count). The van der Waals surface area contributed by atoms with Crippen molar-refractivity contribution in [1.29, 1.82) is 0 Å². The van der Waals surface area contributed by atoms with E-state index in [0.29, 0.717) is 0 Å². The molecule has 0 spiro atoms. The minimum absolute atomic E-state index is 0.00859. The standard InChI is InChI=1S/C28H30N6O2/c1-17-3-2-4-25(33-17)27-26(31-16-32-27)18-5-6-24-19(11-18)12-22(15-30-24)34-21-13-20(14-21)28(35)36-23-7-9-29-10-8-23/h2-6,11-12,15-16,20-21,23,29,34H,7-10,13-14H2,1H3,(H,31,32)/t20-,21-. The summed E-state index contributed by atoms with van der Waals surface area (Å²) in [6, 6.07) is 14.5. The van der Waals surface area contributed by atoms with Crippen LogP contribution in [-0.4, -0.2) is 51.1 Å². The Balaban J connectivity index is 1.14. The predicted octanol–water partition coefficient (Wildman–Crippen LogP) is 4.48. The molecule has 8 nitrogen and oxygen atoms in total. The number of benzene rings is 1. The summed E-state index contributed by atoms with van der Waals surface area (Å²) in [6.45, 7) is 3.83. The van der Waals surface area contributed by atoms with Gasteiger partial charge in [-0.3, -0.25) is 14.8 Å². The molecule has 36 heavy (non-hydrogen) atoms. The van der Waals surface area contributed by atoms with Crippen molar-refractivity contribution in [3.63, 3.8) is 0 Å². The van der Waals surface area contributed by atoms with Crippen LogP contribution in [0.25, 0.3) is 33.5 Å². The normalized spacial score (nSPS) is 20.1. The second-order valence-electron chi connectivity index (χ2n) is 9.82. The van der Waals surface area contributed by atoms with Gasteiger partial charge in [0.1, 0.15) is 6.10 Å². The van der Waals surface area contributed by atoms with Gasteiger partial charge in [0.05, 0.1) is 46.7 Å². The van der Waals surface area contributed by atoms with Crippen molar-refractivity contribution in [2.24, 2.45) is 5.92 Å². The van der Waals surface area contributed by atoms with Gasteiger partial charge in [-0.1, -0.05) is 12.1 Å². The lowest BCUT2D eigenvalue weighted by atomic mass is 9.80. The maximum absolute atomic E-state index is 12.5. The van der Waals surface area contributed by atoms with E-state index in [-0.39, 0.29) is 24.0 Å². The van der Waals surface area contributed by atoms with E-state index in [4.69, 9.17) is 4.74 Å². The van der Waals surface area contributed by atoms with Crippen molar-refractivity contribution in [2.75, 3.05) is 18.4 Å². The number of hydrogen-bond donors (Lipinski definition) is 3. The van der Waals surface area contributed by atoms with Crippen LogP contribution in [-0.2, 0) is 9.53 Å². The fourth-order valence-corrected chi connectivity index (χ4v) is 5.09. The number of aromatic amines is 1.